The first-order chi connectivity index (χ1) is 6.70. The van der Waals surface area contributed by atoms with Gasteiger partial charge in [0.15, 0.2) is 11.0 Å². The van der Waals surface area contributed by atoms with E-state index in [1.165, 1.54) is 0 Å². The van der Waals surface area contributed by atoms with Crippen LogP contribution in [0.4, 0.5) is 5.82 Å². The van der Waals surface area contributed by atoms with Gasteiger partial charge in [-0.1, -0.05) is 11.6 Å². The third-order valence-electron chi connectivity index (χ3n) is 2.47. The van der Waals surface area contributed by atoms with Crippen LogP contribution in [0.25, 0.3) is 0 Å². The molecular formula is C8H12ClN3OS. The summed E-state index contributed by atoms with van der Waals surface area (Å²) in [4.78, 5) is 0. The molecule has 0 saturated carbocycles. The summed E-state index contributed by atoms with van der Waals surface area (Å²) in [6.45, 7) is 3.74. The molecule has 1 aromatic rings. The molecule has 0 unspecified atom stereocenters. The topological polar surface area (TPSA) is 47.0 Å². The Morgan fingerprint density at radius 1 is 1.43 bits per heavy atom. The van der Waals surface area contributed by atoms with Gasteiger partial charge < -0.3 is 10.1 Å². The molecule has 0 bridgehead atoms. The van der Waals surface area contributed by atoms with Gasteiger partial charge in [-0.05, 0) is 19.8 Å². The van der Waals surface area contributed by atoms with Crippen LogP contribution in [-0.4, -0.2) is 27.5 Å². The van der Waals surface area contributed by atoms with E-state index in [4.69, 9.17) is 16.3 Å². The summed E-state index contributed by atoms with van der Waals surface area (Å²) in [5.74, 6) is 0.695. The molecule has 4 nitrogen and oxygen atoms in total. The monoisotopic (exact) mass is 233 g/mol. The van der Waals surface area contributed by atoms with Gasteiger partial charge in [-0.25, -0.2) is 0 Å². The lowest BCUT2D eigenvalue weighted by atomic mass is 9.93. The zero-order valence-electron chi connectivity index (χ0n) is 7.92. The van der Waals surface area contributed by atoms with Gasteiger partial charge in [-0.15, -0.1) is 0 Å². The Balaban J connectivity index is 2.05. The Bertz CT molecular complexity index is 311. The lowest BCUT2D eigenvalue weighted by Gasteiger charge is -2.34. The fourth-order valence-corrected chi connectivity index (χ4v) is 2.13. The minimum Gasteiger partial charge on any atom is -0.381 e. The number of anilines is 1. The molecule has 1 saturated heterocycles. The van der Waals surface area contributed by atoms with Crippen LogP contribution in [0.3, 0.4) is 0 Å². The summed E-state index contributed by atoms with van der Waals surface area (Å²) in [7, 11) is 0. The number of nitrogens with zero attached hydrogens (tertiary/aromatic N) is 2. The van der Waals surface area contributed by atoms with Crippen LogP contribution in [0.2, 0.25) is 5.15 Å². The molecule has 1 aromatic heterocycles. The van der Waals surface area contributed by atoms with E-state index in [0.717, 1.165) is 37.8 Å². The summed E-state index contributed by atoms with van der Waals surface area (Å²) >= 11 is 6.99. The van der Waals surface area contributed by atoms with Crippen molar-refractivity contribution < 1.29 is 4.74 Å². The molecule has 1 N–H and O–H groups in total. The van der Waals surface area contributed by atoms with E-state index >= 15 is 0 Å². The smallest absolute Gasteiger partial charge is 0.186 e. The average molecular weight is 234 g/mol. The van der Waals surface area contributed by atoms with Gasteiger partial charge in [0, 0.05) is 18.8 Å². The molecule has 2 rings (SSSR count). The summed E-state index contributed by atoms with van der Waals surface area (Å²) in [6.07, 6.45) is 1.95. The average Bonchev–Trinajstić information content (AvgIpc) is 2.52. The van der Waals surface area contributed by atoms with Gasteiger partial charge in [0.05, 0.1) is 11.7 Å². The van der Waals surface area contributed by atoms with Gasteiger partial charge >= 0.3 is 0 Å². The van der Waals surface area contributed by atoms with E-state index < -0.39 is 0 Å². The minimum atomic E-state index is 0.0393. The molecule has 0 amide bonds. The summed E-state index contributed by atoms with van der Waals surface area (Å²) in [5.41, 5.74) is 0.0393. The fourth-order valence-electron chi connectivity index (χ4n) is 1.49. The van der Waals surface area contributed by atoms with Gasteiger partial charge in [-0.3, -0.25) is 0 Å². The molecule has 78 valence electrons. The second kappa shape index (κ2) is 4.00. The molecule has 6 heteroatoms. The van der Waals surface area contributed by atoms with Crippen molar-refractivity contribution >= 4 is 29.1 Å². The van der Waals surface area contributed by atoms with E-state index in [1.54, 1.807) is 0 Å². The number of rotatable bonds is 2. The maximum atomic E-state index is 5.86. The van der Waals surface area contributed by atoms with Crippen LogP contribution in [0.15, 0.2) is 0 Å². The normalized spacial score (nSPS) is 20.7. The Morgan fingerprint density at radius 2 is 2.14 bits per heavy atom. The Kier molecular flexibility index (Phi) is 2.90. The van der Waals surface area contributed by atoms with Gasteiger partial charge in [0.1, 0.15) is 0 Å². The van der Waals surface area contributed by atoms with Crippen molar-refractivity contribution in [3.05, 3.63) is 5.15 Å². The Hall–Kier alpha value is -0.390. The van der Waals surface area contributed by atoms with Crippen molar-refractivity contribution in [2.75, 3.05) is 18.5 Å². The number of hydrogen-bond acceptors (Lipinski definition) is 5. The van der Waals surface area contributed by atoms with Crippen molar-refractivity contribution in [3.63, 3.8) is 0 Å². The lowest BCUT2D eigenvalue weighted by Crippen LogP contribution is -2.40. The molecule has 0 aromatic carbocycles. The quantitative estimate of drug-likeness (QED) is 0.851. The fraction of sp³-hybridized carbons (Fsp3) is 0.750. The number of aromatic nitrogens is 2. The largest absolute Gasteiger partial charge is 0.381 e. The number of halogens is 1. The minimum absolute atomic E-state index is 0.0393. The predicted octanol–water partition coefficient (Wildman–Crippen LogP) is 2.17. The second-order valence-corrected chi connectivity index (χ2v) is 4.59. The van der Waals surface area contributed by atoms with Gasteiger partial charge in [-0.2, -0.15) is 8.75 Å². The number of hydrogen-bond donors (Lipinski definition) is 1. The van der Waals surface area contributed by atoms with Crippen LogP contribution in [0.5, 0.6) is 0 Å². The SMILES string of the molecule is CC1(Nc2nsnc2Cl)CCOCC1. The van der Waals surface area contributed by atoms with E-state index in [9.17, 15) is 0 Å². The van der Waals surface area contributed by atoms with Crippen LogP contribution in [0.1, 0.15) is 19.8 Å². The first-order valence-corrected chi connectivity index (χ1v) is 5.64. The van der Waals surface area contributed by atoms with Gasteiger partial charge in [0.2, 0.25) is 0 Å². The first-order valence-electron chi connectivity index (χ1n) is 4.54. The molecular weight excluding hydrogens is 222 g/mol. The lowest BCUT2D eigenvalue weighted by molar-refractivity contribution is 0.0657. The maximum Gasteiger partial charge on any atom is 0.186 e. The van der Waals surface area contributed by atoms with Gasteiger partial charge in [0.25, 0.3) is 0 Å². The van der Waals surface area contributed by atoms with Crippen molar-refractivity contribution in [1.29, 1.82) is 0 Å². The molecule has 2 heterocycles. The van der Waals surface area contributed by atoms with Crippen molar-refractivity contribution in [1.82, 2.24) is 8.75 Å². The van der Waals surface area contributed by atoms with E-state index in [-0.39, 0.29) is 5.54 Å². The van der Waals surface area contributed by atoms with Crippen LogP contribution < -0.4 is 5.32 Å². The van der Waals surface area contributed by atoms with E-state index in [1.807, 2.05) is 0 Å². The van der Waals surface area contributed by atoms with Crippen LogP contribution in [-0.2, 0) is 4.74 Å². The van der Waals surface area contributed by atoms with Crippen molar-refractivity contribution in [2.45, 2.75) is 25.3 Å². The standard InChI is InChI=1S/C8H12ClN3OS/c1-8(2-4-13-5-3-8)10-7-6(9)11-14-12-7/h2-5H2,1H3,(H,10,12). The zero-order chi connectivity index (χ0) is 10.0. The highest BCUT2D eigenvalue weighted by atomic mass is 35.5. The molecule has 1 fully saturated rings. The molecule has 0 aliphatic carbocycles. The van der Waals surface area contributed by atoms with Crippen LogP contribution in [0, 0.1) is 0 Å². The summed E-state index contributed by atoms with van der Waals surface area (Å²) in [6, 6.07) is 0. The van der Waals surface area contributed by atoms with E-state index in [0.29, 0.717) is 11.0 Å². The molecule has 0 spiro atoms. The molecule has 0 atom stereocenters. The molecule has 1 aliphatic heterocycles. The highest BCUT2D eigenvalue weighted by molar-refractivity contribution is 6.99. The predicted molar refractivity (Wildman–Crippen MR) is 57.0 cm³/mol. The third kappa shape index (κ3) is 2.16. The number of ether oxygens (including phenoxy) is 1. The second-order valence-electron chi connectivity index (χ2n) is 3.70. The highest BCUT2D eigenvalue weighted by Crippen LogP contribution is 2.28. The Morgan fingerprint density at radius 3 is 2.71 bits per heavy atom. The first kappa shape index (κ1) is 10.1. The molecule has 1 aliphatic rings. The van der Waals surface area contributed by atoms with Crippen molar-refractivity contribution in [2.24, 2.45) is 0 Å². The number of nitrogens with one attached hydrogen (secondary N) is 1. The summed E-state index contributed by atoms with van der Waals surface area (Å²) < 4.78 is 13.3. The zero-order valence-corrected chi connectivity index (χ0v) is 9.49. The summed E-state index contributed by atoms with van der Waals surface area (Å²) in [5, 5.41) is 3.79. The maximum absolute atomic E-state index is 5.86. The molecule has 14 heavy (non-hydrogen) atoms. The van der Waals surface area contributed by atoms with E-state index in [2.05, 4.69) is 21.0 Å². The molecule has 0 radical (unpaired) electrons. The highest BCUT2D eigenvalue weighted by Gasteiger charge is 2.28. The Labute approximate surface area is 91.9 Å². The van der Waals surface area contributed by atoms with Crippen molar-refractivity contribution in [3.8, 4) is 0 Å². The van der Waals surface area contributed by atoms with Crippen LogP contribution >= 0.6 is 23.3 Å². The third-order valence-corrected chi connectivity index (χ3v) is 3.36.